The highest BCUT2D eigenvalue weighted by atomic mass is 19.4. The average Bonchev–Trinajstić information content (AvgIpc) is 2.86. The van der Waals surface area contributed by atoms with E-state index < -0.39 is 12.0 Å². The fraction of sp³-hybridized carbons (Fsp3) is 0.154. The van der Waals surface area contributed by atoms with Gasteiger partial charge in [-0.05, 0) is 12.1 Å². The number of halogens is 3. The number of nitrogen functional groups attached to an aromatic ring is 1. The number of ether oxygens (including phenoxy) is 1. The van der Waals surface area contributed by atoms with Crippen LogP contribution in [0.1, 0.15) is 5.82 Å². The van der Waals surface area contributed by atoms with Crippen molar-refractivity contribution in [1.82, 2.24) is 19.5 Å². The number of hydrogen-bond acceptors (Lipinski definition) is 5. The predicted molar refractivity (Wildman–Crippen MR) is 72.6 cm³/mol. The summed E-state index contributed by atoms with van der Waals surface area (Å²) in [5.41, 5.74) is 5.80. The van der Waals surface area contributed by atoms with Gasteiger partial charge in [-0.3, -0.25) is 4.57 Å². The fourth-order valence-electron chi connectivity index (χ4n) is 2.06. The fourth-order valence-corrected chi connectivity index (χ4v) is 2.06. The van der Waals surface area contributed by atoms with Crippen molar-refractivity contribution in [2.24, 2.45) is 0 Å². The van der Waals surface area contributed by atoms with Crippen LogP contribution in [-0.2, 0) is 6.18 Å². The number of hydrogen-bond donors (Lipinski definition) is 1. The van der Waals surface area contributed by atoms with Crippen LogP contribution >= 0.6 is 0 Å². The van der Waals surface area contributed by atoms with Crippen LogP contribution in [0.2, 0.25) is 0 Å². The van der Waals surface area contributed by atoms with Crippen LogP contribution in [0, 0.1) is 0 Å². The minimum absolute atomic E-state index is 0.0193. The Hall–Kier alpha value is -2.84. The van der Waals surface area contributed by atoms with E-state index in [1.54, 1.807) is 6.07 Å². The van der Waals surface area contributed by atoms with Gasteiger partial charge < -0.3 is 10.5 Å². The number of alkyl halides is 3. The van der Waals surface area contributed by atoms with E-state index in [0.717, 1.165) is 10.8 Å². The van der Waals surface area contributed by atoms with Gasteiger partial charge >= 0.3 is 6.18 Å². The minimum atomic E-state index is -4.64. The van der Waals surface area contributed by atoms with Crippen molar-refractivity contribution in [3.05, 3.63) is 36.4 Å². The molecule has 0 radical (unpaired) electrons. The zero-order valence-corrected chi connectivity index (χ0v) is 11.3. The van der Waals surface area contributed by atoms with E-state index in [2.05, 4.69) is 15.0 Å². The van der Waals surface area contributed by atoms with Crippen molar-refractivity contribution < 1.29 is 17.9 Å². The maximum atomic E-state index is 13.2. The van der Waals surface area contributed by atoms with Crippen molar-refractivity contribution in [2.45, 2.75) is 6.18 Å². The van der Waals surface area contributed by atoms with Crippen LogP contribution in [0.5, 0.6) is 5.75 Å². The van der Waals surface area contributed by atoms with Crippen LogP contribution in [0.4, 0.5) is 19.0 Å². The molecule has 0 spiro atoms. The molecular formula is C13H10F3N5O. The quantitative estimate of drug-likeness (QED) is 0.786. The lowest BCUT2D eigenvalue weighted by Gasteiger charge is -2.10. The number of imidazole rings is 1. The number of benzene rings is 1. The first-order valence-electron chi connectivity index (χ1n) is 6.12. The molecular weight excluding hydrogens is 299 g/mol. The normalized spacial score (nSPS) is 11.8. The number of aromatic nitrogens is 4. The SMILES string of the molecule is COc1ccc2c(c1)nc(C(F)(F)F)n2-c1cnc(N)cn1. The van der Waals surface area contributed by atoms with E-state index in [4.69, 9.17) is 10.5 Å². The lowest BCUT2D eigenvalue weighted by Crippen LogP contribution is -2.15. The van der Waals surface area contributed by atoms with Crippen molar-refractivity contribution >= 4 is 16.9 Å². The summed E-state index contributed by atoms with van der Waals surface area (Å²) >= 11 is 0. The molecule has 114 valence electrons. The Bertz CT molecular complexity index is 826. The van der Waals surface area contributed by atoms with E-state index >= 15 is 0 Å². The molecule has 2 N–H and O–H groups in total. The third-order valence-corrected chi connectivity index (χ3v) is 3.00. The van der Waals surface area contributed by atoms with Gasteiger partial charge in [-0.1, -0.05) is 0 Å². The molecule has 0 saturated heterocycles. The van der Waals surface area contributed by atoms with E-state index in [9.17, 15) is 13.2 Å². The van der Waals surface area contributed by atoms with Crippen LogP contribution in [-0.4, -0.2) is 26.6 Å². The second kappa shape index (κ2) is 4.86. The third-order valence-electron chi connectivity index (χ3n) is 3.00. The molecule has 3 rings (SSSR count). The molecule has 0 amide bonds. The Morgan fingerprint density at radius 1 is 1.18 bits per heavy atom. The Morgan fingerprint density at radius 2 is 1.95 bits per heavy atom. The second-order valence-corrected chi connectivity index (χ2v) is 4.42. The number of fused-ring (bicyclic) bond motifs is 1. The van der Waals surface area contributed by atoms with Crippen molar-refractivity contribution in [3.8, 4) is 11.6 Å². The highest BCUT2D eigenvalue weighted by Crippen LogP contribution is 2.34. The summed E-state index contributed by atoms with van der Waals surface area (Å²) < 4.78 is 45.6. The van der Waals surface area contributed by atoms with Gasteiger partial charge in [-0.15, -0.1) is 0 Å². The van der Waals surface area contributed by atoms with Gasteiger partial charge in [0.25, 0.3) is 0 Å². The number of anilines is 1. The van der Waals surface area contributed by atoms with Crippen molar-refractivity contribution in [2.75, 3.05) is 12.8 Å². The molecule has 2 heterocycles. The highest BCUT2D eigenvalue weighted by molar-refractivity contribution is 5.79. The molecule has 9 heteroatoms. The maximum absolute atomic E-state index is 13.2. The minimum Gasteiger partial charge on any atom is -0.497 e. The van der Waals surface area contributed by atoms with Gasteiger partial charge in [0.1, 0.15) is 11.6 Å². The molecule has 0 atom stereocenters. The Balaban J connectivity index is 2.32. The third kappa shape index (κ3) is 2.30. The van der Waals surface area contributed by atoms with Gasteiger partial charge in [0.05, 0.1) is 30.5 Å². The predicted octanol–water partition coefficient (Wildman–Crippen LogP) is 2.43. The molecule has 0 aliphatic carbocycles. The molecule has 6 nitrogen and oxygen atoms in total. The molecule has 0 aliphatic rings. The Labute approximate surface area is 122 Å². The summed E-state index contributed by atoms with van der Waals surface area (Å²) in [6, 6.07) is 4.45. The largest absolute Gasteiger partial charge is 0.497 e. The lowest BCUT2D eigenvalue weighted by molar-refractivity contribution is -0.145. The first-order chi connectivity index (χ1) is 10.4. The van der Waals surface area contributed by atoms with E-state index in [0.29, 0.717) is 5.75 Å². The molecule has 0 bridgehead atoms. The van der Waals surface area contributed by atoms with E-state index in [-0.39, 0.29) is 22.7 Å². The topological polar surface area (TPSA) is 78.8 Å². The molecule has 0 aliphatic heterocycles. The summed E-state index contributed by atoms with van der Waals surface area (Å²) in [6.45, 7) is 0. The summed E-state index contributed by atoms with van der Waals surface area (Å²) in [4.78, 5) is 11.3. The molecule has 2 aromatic heterocycles. The van der Waals surface area contributed by atoms with E-state index in [1.165, 1.54) is 25.4 Å². The second-order valence-electron chi connectivity index (χ2n) is 4.42. The average molecular weight is 309 g/mol. The number of methoxy groups -OCH3 is 1. The highest BCUT2D eigenvalue weighted by Gasteiger charge is 2.38. The molecule has 0 fully saturated rings. The molecule has 1 aromatic carbocycles. The zero-order chi connectivity index (χ0) is 15.9. The standard InChI is InChI=1S/C13H10F3N5O/c1-22-7-2-3-9-8(4-7)20-12(13(14,15)16)21(9)11-6-18-10(17)5-19-11/h2-6H,1H3,(H2,17,18). The number of nitrogens with zero attached hydrogens (tertiary/aromatic N) is 4. The van der Waals surface area contributed by atoms with Gasteiger partial charge in [-0.25, -0.2) is 15.0 Å². The molecule has 22 heavy (non-hydrogen) atoms. The maximum Gasteiger partial charge on any atom is 0.450 e. The van der Waals surface area contributed by atoms with Crippen LogP contribution in [0.3, 0.4) is 0 Å². The summed E-state index contributed by atoms with van der Waals surface area (Å²) in [6.07, 6.45) is -2.30. The molecule has 0 saturated carbocycles. The lowest BCUT2D eigenvalue weighted by atomic mass is 10.3. The van der Waals surface area contributed by atoms with E-state index in [1.807, 2.05) is 0 Å². The monoisotopic (exact) mass is 309 g/mol. The smallest absolute Gasteiger partial charge is 0.450 e. The van der Waals surface area contributed by atoms with Crippen molar-refractivity contribution in [1.29, 1.82) is 0 Å². The summed E-state index contributed by atoms with van der Waals surface area (Å²) in [5, 5.41) is 0. The Kier molecular flexibility index (Phi) is 3.12. The van der Waals surface area contributed by atoms with Crippen LogP contribution < -0.4 is 10.5 Å². The first kappa shape index (κ1) is 14.1. The van der Waals surface area contributed by atoms with Gasteiger partial charge in [-0.2, -0.15) is 13.2 Å². The molecule has 0 unspecified atom stereocenters. The summed E-state index contributed by atoms with van der Waals surface area (Å²) in [7, 11) is 1.42. The van der Waals surface area contributed by atoms with Crippen molar-refractivity contribution in [3.63, 3.8) is 0 Å². The van der Waals surface area contributed by atoms with Gasteiger partial charge in [0, 0.05) is 6.07 Å². The number of rotatable bonds is 2. The zero-order valence-electron chi connectivity index (χ0n) is 11.3. The van der Waals surface area contributed by atoms with Gasteiger partial charge in [0.2, 0.25) is 5.82 Å². The summed E-state index contributed by atoms with van der Waals surface area (Å²) in [5.74, 6) is -0.582. The Morgan fingerprint density at radius 3 is 2.55 bits per heavy atom. The number of nitrogens with two attached hydrogens (primary N) is 1. The van der Waals surface area contributed by atoms with Crippen LogP contribution in [0.25, 0.3) is 16.9 Å². The first-order valence-corrected chi connectivity index (χ1v) is 6.12. The van der Waals surface area contributed by atoms with Gasteiger partial charge in [0.15, 0.2) is 5.82 Å². The molecule has 3 aromatic rings. The van der Waals surface area contributed by atoms with Crippen LogP contribution in [0.15, 0.2) is 30.6 Å².